The summed E-state index contributed by atoms with van der Waals surface area (Å²) in [5.74, 6) is 1.89. The van der Waals surface area contributed by atoms with E-state index in [2.05, 4.69) is 20.3 Å². The van der Waals surface area contributed by atoms with Crippen molar-refractivity contribution in [2.75, 3.05) is 0 Å². The van der Waals surface area contributed by atoms with Gasteiger partial charge in [0.05, 0.1) is 10.6 Å². The maximum absolute atomic E-state index is 13.5. The molecule has 0 radical (unpaired) electrons. The van der Waals surface area contributed by atoms with Crippen molar-refractivity contribution in [1.82, 2.24) is 24.9 Å². The van der Waals surface area contributed by atoms with E-state index in [4.69, 9.17) is 4.52 Å². The van der Waals surface area contributed by atoms with E-state index in [9.17, 15) is 4.39 Å². The summed E-state index contributed by atoms with van der Waals surface area (Å²) in [7, 11) is 0. The van der Waals surface area contributed by atoms with Crippen LogP contribution in [0.1, 0.15) is 5.89 Å². The Bertz CT molecular complexity index is 1250. The van der Waals surface area contributed by atoms with Crippen LogP contribution in [0.5, 0.6) is 0 Å². The summed E-state index contributed by atoms with van der Waals surface area (Å²) in [6.07, 6.45) is 0. The Morgan fingerprint density at radius 2 is 1.80 bits per heavy atom. The number of halogens is 1. The molecule has 6 nitrogen and oxygen atoms in total. The number of hydrogen-bond acceptors (Lipinski definition) is 7. The maximum atomic E-state index is 13.5. The second-order valence-corrected chi connectivity index (χ2v) is 8.15. The molecule has 0 fully saturated rings. The predicted octanol–water partition coefficient (Wildman–Crippen LogP) is 5.48. The van der Waals surface area contributed by atoms with Gasteiger partial charge in [0.15, 0.2) is 11.0 Å². The molecule has 3 aromatic heterocycles. The normalized spacial score (nSPS) is 11.1. The summed E-state index contributed by atoms with van der Waals surface area (Å²) >= 11 is 2.98. The topological polar surface area (TPSA) is 69.6 Å². The van der Waals surface area contributed by atoms with Crippen molar-refractivity contribution < 1.29 is 8.91 Å². The SMILES string of the molecule is Fc1ccc(-n2c(SCc3nc(-c4cccs4)no3)nnc2-c2ccccc2)cc1. The van der Waals surface area contributed by atoms with Gasteiger partial charge in [-0.2, -0.15) is 4.98 Å². The van der Waals surface area contributed by atoms with Gasteiger partial charge in [-0.05, 0) is 35.7 Å². The number of nitrogens with zero attached hydrogens (tertiary/aromatic N) is 5. The predicted molar refractivity (Wildman–Crippen MR) is 114 cm³/mol. The summed E-state index contributed by atoms with van der Waals surface area (Å²) < 4.78 is 20.7. The lowest BCUT2D eigenvalue weighted by atomic mass is 10.2. The lowest BCUT2D eigenvalue weighted by Gasteiger charge is -2.10. The largest absolute Gasteiger partial charge is 0.338 e. The highest BCUT2D eigenvalue weighted by atomic mass is 32.2. The number of thioether (sulfide) groups is 1. The number of hydrogen-bond donors (Lipinski definition) is 0. The molecule has 0 aliphatic heterocycles. The molecule has 30 heavy (non-hydrogen) atoms. The van der Waals surface area contributed by atoms with Crippen molar-refractivity contribution in [2.24, 2.45) is 0 Å². The summed E-state index contributed by atoms with van der Waals surface area (Å²) in [6.45, 7) is 0. The van der Waals surface area contributed by atoms with Crippen molar-refractivity contribution in [2.45, 2.75) is 10.9 Å². The van der Waals surface area contributed by atoms with E-state index in [0.29, 0.717) is 28.4 Å². The van der Waals surface area contributed by atoms with E-state index < -0.39 is 0 Å². The third-order valence-corrected chi connectivity index (χ3v) is 6.06. The standard InChI is InChI=1S/C21H14FN5OS2/c22-15-8-10-16(11-9-15)27-20(14-5-2-1-3-6-14)24-25-21(27)30-13-18-23-19(26-28-18)17-7-4-12-29-17/h1-12H,13H2. The van der Waals surface area contributed by atoms with Crippen molar-refractivity contribution in [1.29, 1.82) is 0 Å². The van der Waals surface area contributed by atoms with Crippen LogP contribution in [0.3, 0.4) is 0 Å². The molecule has 0 unspecified atom stereocenters. The van der Waals surface area contributed by atoms with Gasteiger partial charge in [-0.1, -0.05) is 53.3 Å². The fourth-order valence-corrected chi connectivity index (χ4v) is 4.34. The van der Waals surface area contributed by atoms with Crippen molar-refractivity contribution >= 4 is 23.1 Å². The van der Waals surface area contributed by atoms with Gasteiger partial charge in [0.25, 0.3) is 0 Å². The second-order valence-electron chi connectivity index (χ2n) is 6.26. The molecular formula is C21H14FN5OS2. The first-order valence-corrected chi connectivity index (χ1v) is 10.9. The fourth-order valence-electron chi connectivity index (χ4n) is 2.91. The zero-order valence-corrected chi connectivity index (χ0v) is 17.1. The summed E-state index contributed by atoms with van der Waals surface area (Å²) in [6, 6.07) is 19.9. The minimum atomic E-state index is -0.297. The molecule has 148 valence electrons. The highest BCUT2D eigenvalue weighted by molar-refractivity contribution is 7.98. The van der Waals surface area contributed by atoms with Crippen LogP contribution in [-0.4, -0.2) is 24.9 Å². The molecule has 9 heteroatoms. The Morgan fingerprint density at radius 3 is 2.57 bits per heavy atom. The Labute approximate surface area is 179 Å². The molecule has 0 N–H and O–H groups in total. The molecule has 0 saturated heterocycles. The first-order valence-electron chi connectivity index (χ1n) is 9.04. The lowest BCUT2D eigenvalue weighted by Crippen LogP contribution is -2.00. The molecule has 0 spiro atoms. The molecule has 0 aliphatic carbocycles. The van der Waals surface area contributed by atoms with Gasteiger partial charge in [0.2, 0.25) is 11.7 Å². The van der Waals surface area contributed by atoms with E-state index in [0.717, 1.165) is 16.1 Å². The van der Waals surface area contributed by atoms with Gasteiger partial charge in [-0.25, -0.2) is 4.39 Å². The smallest absolute Gasteiger partial charge is 0.237 e. The molecule has 2 aromatic carbocycles. The molecule has 5 aromatic rings. The lowest BCUT2D eigenvalue weighted by molar-refractivity contribution is 0.391. The Kier molecular flexibility index (Phi) is 5.12. The average molecular weight is 436 g/mol. The van der Waals surface area contributed by atoms with Crippen LogP contribution < -0.4 is 0 Å². The van der Waals surface area contributed by atoms with Gasteiger partial charge in [-0.15, -0.1) is 21.5 Å². The van der Waals surface area contributed by atoms with Crippen LogP contribution in [0.25, 0.3) is 27.8 Å². The van der Waals surface area contributed by atoms with E-state index in [1.807, 2.05) is 52.4 Å². The molecule has 0 aliphatic rings. The Hall–Kier alpha value is -3.30. The van der Waals surface area contributed by atoms with Crippen molar-refractivity contribution in [3.63, 3.8) is 0 Å². The fraction of sp³-hybridized carbons (Fsp3) is 0.0476. The average Bonchev–Trinajstić information content (AvgIpc) is 3.53. The van der Waals surface area contributed by atoms with Crippen LogP contribution in [0.15, 0.2) is 81.8 Å². The van der Waals surface area contributed by atoms with E-state index >= 15 is 0 Å². The molecule has 3 heterocycles. The Morgan fingerprint density at radius 1 is 0.967 bits per heavy atom. The minimum Gasteiger partial charge on any atom is -0.338 e. The van der Waals surface area contributed by atoms with Gasteiger partial charge in [0, 0.05) is 11.3 Å². The van der Waals surface area contributed by atoms with Crippen LogP contribution >= 0.6 is 23.1 Å². The van der Waals surface area contributed by atoms with Crippen molar-refractivity contribution in [3.8, 4) is 27.8 Å². The first kappa shape index (κ1) is 18.7. The first-order chi connectivity index (χ1) is 14.8. The van der Waals surface area contributed by atoms with E-state index in [-0.39, 0.29) is 5.82 Å². The van der Waals surface area contributed by atoms with Crippen LogP contribution in [0.2, 0.25) is 0 Å². The molecule has 0 saturated carbocycles. The van der Waals surface area contributed by atoms with Crippen LogP contribution in [0, 0.1) is 5.82 Å². The summed E-state index contributed by atoms with van der Waals surface area (Å²) in [5, 5.41) is 15.4. The van der Waals surface area contributed by atoms with Gasteiger partial charge in [-0.3, -0.25) is 4.57 Å². The number of rotatable bonds is 6. The molecule has 0 atom stereocenters. The molecule has 0 bridgehead atoms. The minimum absolute atomic E-state index is 0.297. The summed E-state index contributed by atoms with van der Waals surface area (Å²) in [5.41, 5.74) is 1.69. The number of thiophene rings is 1. The highest BCUT2D eigenvalue weighted by Crippen LogP contribution is 2.30. The number of aromatic nitrogens is 5. The monoisotopic (exact) mass is 435 g/mol. The van der Waals surface area contributed by atoms with Gasteiger partial charge in [0.1, 0.15) is 5.82 Å². The third kappa shape index (κ3) is 3.77. The zero-order chi connectivity index (χ0) is 20.3. The highest BCUT2D eigenvalue weighted by Gasteiger charge is 2.18. The molecule has 5 rings (SSSR count). The third-order valence-electron chi connectivity index (χ3n) is 4.28. The van der Waals surface area contributed by atoms with E-state index in [1.54, 1.807) is 23.5 Å². The second kappa shape index (κ2) is 8.21. The molecular weight excluding hydrogens is 421 g/mol. The Balaban J connectivity index is 1.46. The summed E-state index contributed by atoms with van der Waals surface area (Å²) in [4.78, 5) is 5.41. The van der Waals surface area contributed by atoms with Crippen molar-refractivity contribution in [3.05, 3.63) is 83.8 Å². The van der Waals surface area contributed by atoms with Gasteiger partial charge >= 0.3 is 0 Å². The zero-order valence-electron chi connectivity index (χ0n) is 15.5. The maximum Gasteiger partial charge on any atom is 0.237 e. The number of benzene rings is 2. The quantitative estimate of drug-likeness (QED) is 0.329. The van der Waals surface area contributed by atoms with Crippen LogP contribution in [0.4, 0.5) is 4.39 Å². The molecule has 0 amide bonds. The van der Waals surface area contributed by atoms with Gasteiger partial charge < -0.3 is 4.52 Å². The van der Waals surface area contributed by atoms with Crippen LogP contribution in [-0.2, 0) is 5.75 Å². The van der Waals surface area contributed by atoms with E-state index in [1.165, 1.54) is 23.9 Å².